The van der Waals surface area contributed by atoms with Gasteiger partial charge in [-0.25, -0.2) is 24.1 Å². The Bertz CT molecular complexity index is 1060. The summed E-state index contributed by atoms with van der Waals surface area (Å²) >= 11 is 1.47. The van der Waals surface area contributed by atoms with Crippen molar-refractivity contribution >= 4 is 34.6 Å². The number of halogens is 1. The number of piperazine rings is 1. The number of pyridine rings is 1. The van der Waals surface area contributed by atoms with Crippen LogP contribution in [0.5, 0.6) is 5.88 Å². The number of carbonyl (C=O) groups excluding carboxylic acids is 1. The van der Waals surface area contributed by atoms with E-state index in [9.17, 15) is 4.79 Å². The van der Waals surface area contributed by atoms with E-state index in [0.29, 0.717) is 60.4 Å². The second-order valence-electron chi connectivity index (χ2n) is 9.27. The van der Waals surface area contributed by atoms with Crippen molar-refractivity contribution in [2.24, 2.45) is 0 Å². The van der Waals surface area contributed by atoms with Gasteiger partial charge in [0.1, 0.15) is 28.4 Å². The Labute approximate surface area is 212 Å². The predicted molar refractivity (Wildman–Crippen MR) is 138 cm³/mol. The molecular formula is C25H38FN5O3S. The summed E-state index contributed by atoms with van der Waals surface area (Å²) in [5, 5.41) is 1.04. The summed E-state index contributed by atoms with van der Waals surface area (Å²) in [6, 6.07) is -0.170. The molecule has 2 aromatic heterocycles. The Kier molecular flexibility index (Phi) is 8.67. The fourth-order valence-corrected chi connectivity index (χ4v) is 4.90. The van der Waals surface area contributed by atoms with Crippen molar-refractivity contribution < 1.29 is 18.7 Å². The highest BCUT2D eigenvalue weighted by atomic mass is 32.2. The largest absolute Gasteiger partial charge is 0.472 e. The van der Waals surface area contributed by atoms with Crippen LogP contribution in [0.2, 0.25) is 0 Å². The van der Waals surface area contributed by atoms with Gasteiger partial charge in [0, 0.05) is 19.6 Å². The molecular weight excluding hydrogens is 469 g/mol. The van der Waals surface area contributed by atoms with E-state index in [-0.39, 0.29) is 23.8 Å². The van der Waals surface area contributed by atoms with Crippen molar-refractivity contribution in [2.75, 3.05) is 30.3 Å². The second kappa shape index (κ2) is 11.1. The SMILES string of the molecule is CC.CCSc1nc2c3c(nc(CC)c(F)c3n1)OC(CC)C1CN(C(=O)OC(C)(C)C)CCN21. The number of rotatable bonds is 4. The number of fused-ring (bicyclic) bond motifs is 2. The first kappa shape index (κ1) is 27.2. The first-order valence-electron chi connectivity index (χ1n) is 12.6. The number of ether oxygens (including phenoxy) is 2. The number of hydrogen-bond donors (Lipinski definition) is 0. The van der Waals surface area contributed by atoms with Gasteiger partial charge in [0.05, 0.1) is 11.7 Å². The van der Waals surface area contributed by atoms with Gasteiger partial charge in [-0.15, -0.1) is 0 Å². The number of nitrogens with zero attached hydrogens (tertiary/aromatic N) is 5. The Morgan fingerprint density at radius 3 is 2.49 bits per heavy atom. The van der Waals surface area contributed by atoms with Crippen LogP contribution in [0.1, 0.15) is 67.5 Å². The summed E-state index contributed by atoms with van der Waals surface area (Å²) < 4.78 is 27.4. The van der Waals surface area contributed by atoms with Gasteiger partial charge in [0.2, 0.25) is 5.88 Å². The molecule has 2 aromatic rings. The molecule has 10 heteroatoms. The molecule has 1 amide bonds. The standard InChI is InChI=1S/C23H32FN5O3S.C2H6/c1-7-13-17(24)18-16-19(27-21(26-18)33-9-3)29-11-10-28(22(30)32-23(4,5)6)12-14(29)15(8-2)31-20(16)25-13;1-2/h14-15H,7-12H2,1-6H3;1-2H3. The van der Waals surface area contributed by atoms with Crippen molar-refractivity contribution in [3.05, 3.63) is 11.5 Å². The molecule has 0 aromatic carbocycles. The molecule has 0 N–H and O–H groups in total. The van der Waals surface area contributed by atoms with E-state index in [1.165, 1.54) is 11.8 Å². The summed E-state index contributed by atoms with van der Waals surface area (Å²) in [5.74, 6) is 1.36. The predicted octanol–water partition coefficient (Wildman–Crippen LogP) is 5.46. The van der Waals surface area contributed by atoms with Crippen molar-refractivity contribution in [1.29, 1.82) is 0 Å². The Morgan fingerprint density at radius 1 is 1.17 bits per heavy atom. The number of anilines is 1. The van der Waals surface area contributed by atoms with Crippen LogP contribution in [0.15, 0.2) is 5.16 Å². The number of hydrogen-bond acceptors (Lipinski definition) is 8. The minimum atomic E-state index is -0.572. The topological polar surface area (TPSA) is 80.7 Å². The monoisotopic (exact) mass is 507 g/mol. The molecule has 35 heavy (non-hydrogen) atoms. The van der Waals surface area contributed by atoms with Gasteiger partial charge < -0.3 is 19.3 Å². The lowest BCUT2D eigenvalue weighted by atomic mass is 10.0. The van der Waals surface area contributed by atoms with Crippen molar-refractivity contribution in [3.63, 3.8) is 0 Å². The van der Waals surface area contributed by atoms with Gasteiger partial charge in [-0.3, -0.25) is 0 Å². The quantitative estimate of drug-likeness (QED) is 0.399. The number of carbonyl (C=O) groups is 1. The Balaban J connectivity index is 0.00000167. The Hall–Kier alpha value is -2.36. The summed E-state index contributed by atoms with van der Waals surface area (Å²) in [4.78, 5) is 30.5. The fourth-order valence-electron chi connectivity index (χ4n) is 4.33. The molecule has 2 unspecified atom stereocenters. The van der Waals surface area contributed by atoms with Crippen LogP contribution in [-0.2, 0) is 11.2 Å². The highest BCUT2D eigenvalue weighted by molar-refractivity contribution is 7.99. The molecule has 8 nitrogen and oxygen atoms in total. The molecule has 0 spiro atoms. The fraction of sp³-hybridized carbons (Fsp3) is 0.680. The van der Waals surface area contributed by atoms with E-state index in [1.807, 2.05) is 55.4 Å². The number of amides is 1. The lowest BCUT2D eigenvalue weighted by molar-refractivity contribution is 0.0165. The van der Waals surface area contributed by atoms with Crippen LogP contribution >= 0.6 is 11.8 Å². The molecule has 1 fully saturated rings. The zero-order valence-corrected chi connectivity index (χ0v) is 23.0. The van der Waals surface area contributed by atoms with Crippen LogP contribution < -0.4 is 9.64 Å². The molecule has 4 heterocycles. The maximum Gasteiger partial charge on any atom is 0.410 e. The molecule has 2 aliphatic rings. The molecule has 0 saturated carbocycles. The maximum atomic E-state index is 15.4. The van der Waals surface area contributed by atoms with E-state index < -0.39 is 11.4 Å². The summed E-state index contributed by atoms with van der Waals surface area (Å²) in [5.41, 5.74) is 0.0140. The lowest BCUT2D eigenvalue weighted by Crippen LogP contribution is -2.60. The van der Waals surface area contributed by atoms with Gasteiger partial charge in [0.25, 0.3) is 0 Å². The normalized spacial score (nSPS) is 19.3. The van der Waals surface area contributed by atoms with E-state index >= 15 is 4.39 Å². The molecule has 4 rings (SSSR count). The average molecular weight is 508 g/mol. The highest BCUT2D eigenvalue weighted by Crippen LogP contribution is 2.41. The molecule has 2 aliphatic heterocycles. The van der Waals surface area contributed by atoms with E-state index in [0.717, 1.165) is 5.75 Å². The van der Waals surface area contributed by atoms with Gasteiger partial charge in [0.15, 0.2) is 11.0 Å². The number of aromatic nitrogens is 3. The molecule has 0 radical (unpaired) electrons. The van der Waals surface area contributed by atoms with Crippen molar-refractivity contribution in [2.45, 2.75) is 91.1 Å². The third-order valence-electron chi connectivity index (χ3n) is 5.83. The van der Waals surface area contributed by atoms with E-state index in [2.05, 4.69) is 14.9 Å². The maximum absolute atomic E-state index is 15.4. The minimum absolute atomic E-state index is 0.170. The lowest BCUT2D eigenvalue weighted by Gasteiger charge is -2.43. The van der Waals surface area contributed by atoms with E-state index in [1.54, 1.807) is 4.90 Å². The van der Waals surface area contributed by atoms with Crippen LogP contribution in [0, 0.1) is 5.82 Å². The zero-order valence-electron chi connectivity index (χ0n) is 22.1. The third kappa shape index (κ3) is 5.57. The van der Waals surface area contributed by atoms with Gasteiger partial charge >= 0.3 is 6.09 Å². The second-order valence-corrected chi connectivity index (χ2v) is 10.5. The highest BCUT2D eigenvalue weighted by Gasteiger charge is 2.41. The van der Waals surface area contributed by atoms with Crippen LogP contribution in [0.4, 0.5) is 15.0 Å². The smallest absolute Gasteiger partial charge is 0.410 e. The van der Waals surface area contributed by atoms with Crippen LogP contribution in [0.3, 0.4) is 0 Å². The molecule has 1 saturated heterocycles. The summed E-state index contributed by atoms with van der Waals surface area (Å²) in [7, 11) is 0. The van der Waals surface area contributed by atoms with Gasteiger partial charge in [-0.2, -0.15) is 0 Å². The molecule has 0 bridgehead atoms. The van der Waals surface area contributed by atoms with Crippen LogP contribution in [0.25, 0.3) is 10.9 Å². The number of thioether (sulfide) groups is 1. The Morgan fingerprint density at radius 2 is 1.89 bits per heavy atom. The van der Waals surface area contributed by atoms with Crippen molar-refractivity contribution in [3.8, 4) is 5.88 Å². The third-order valence-corrected chi connectivity index (χ3v) is 6.56. The average Bonchev–Trinajstić information content (AvgIpc) is 2.96. The van der Waals surface area contributed by atoms with Crippen molar-refractivity contribution in [1.82, 2.24) is 19.9 Å². The first-order chi connectivity index (χ1) is 16.7. The van der Waals surface area contributed by atoms with Gasteiger partial charge in [-0.1, -0.05) is 46.4 Å². The van der Waals surface area contributed by atoms with Crippen LogP contribution in [-0.4, -0.2) is 69.1 Å². The molecule has 2 atom stereocenters. The minimum Gasteiger partial charge on any atom is -0.472 e. The van der Waals surface area contributed by atoms with Gasteiger partial charge in [-0.05, 0) is 39.4 Å². The summed E-state index contributed by atoms with van der Waals surface area (Å²) in [6.07, 6.45) is 0.539. The molecule has 0 aliphatic carbocycles. The number of aryl methyl sites for hydroxylation is 1. The van der Waals surface area contributed by atoms with E-state index in [4.69, 9.17) is 14.5 Å². The first-order valence-corrected chi connectivity index (χ1v) is 13.6. The zero-order chi connectivity index (χ0) is 25.9. The summed E-state index contributed by atoms with van der Waals surface area (Å²) in [6.45, 7) is 16.9. The molecule has 194 valence electrons.